The molecule has 0 heterocycles. The number of nitrogens with one attached hydrogen (secondary N) is 1. The van der Waals surface area contributed by atoms with E-state index in [1.807, 2.05) is 13.8 Å². The molecule has 0 aliphatic heterocycles. The molecule has 0 bridgehead atoms. The number of hydrogen-bond donors (Lipinski definition) is 1. The molecule has 0 atom stereocenters. The van der Waals surface area contributed by atoms with Gasteiger partial charge in [0.05, 0.1) is 12.1 Å². The van der Waals surface area contributed by atoms with Crippen LogP contribution >= 0.6 is 11.6 Å². The maximum absolute atomic E-state index is 13.5. The normalized spacial score (nSPS) is 10.6. The second-order valence-electron chi connectivity index (χ2n) is 3.12. The first-order valence-corrected chi connectivity index (χ1v) is 4.65. The Morgan fingerprint density at radius 1 is 1.50 bits per heavy atom. The van der Waals surface area contributed by atoms with E-state index >= 15 is 0 Å². The van der Waals surface area contributed by atoms with E-state index in [9.17, 15) is 4.39 Å². The molecule has 0 saturated carbocycles. The summed E-state index contributed by atoms with van der Waals surface area (Å²) in [5, 5.41) is 0.154. The Bertz CT molecular complexity index is 315. The van der Waals surface area contributed by atoms with E-state index in [-0.39, 0.29) is 10.8 Å². The summed E-state index contributed by atoms with van der Waals surface area (Å²) in [6, 6.07) is 1.63. The third kappa shape index (κ3) is 2.23. The number of hydrogen-bond acceptors (Lipinski definition) is 2. The van der Waals surface area contributed by atoms with Crippen molar-refractivity contribution in [2.45, 2.75) is 20.4 Å². The first-order valence-electron chi connectivity index (χ1n) is 4.27. The summed E-state index contributed by atoms with van der Waals surface area (Å²) in [6.07, 6.45) is 0. The van der Waals surface area contributed by atoms with Crippen LogP contribution in [0.25, 0.3) is 0 Å². The van der Waals surface area contributed by atoms with Gasteiger partial charge in [0.2, 0.25) is 0 Å². The first kappa shape index (κ1) is 11.4. The van der Waals surface area contributed by atoms with E-state index in [1.165, 1.54) is 7.11 Å². The highest BCUT2D eigenvalue weighted by Gasteiger charge is 2.11. The number of halogens is 2. The van der Waals surface area contributed by atoms with Crippen LogP contribution < -0.4 is 5.48 Å². The quantitative estimate of drug-likeness (QED) is 0.787. The van der Waals surface area contributed by atoms with E-state index in [0.29, 0.717) is 12.1 Å². The molecule has 0 spiro atoms. The molecule has 0 aliphatic carbocycles. The first-order chi connectivity index (χ1) is 6.57. The van der Waals surface area contributed by atoms with Crippen LogP contribution in [0.5, 0.6) is 0 Å². The summed E-state index contributed by atoms with van der Waals surface area (Å²) in [5.74, 6) is -0.376. The van der Waals surface area contributed by atoms with Crippen LogP contribution in [0.4, 0.5) is 4.39 Å². The fourth-order valence-corrected chi connectivity index (χ4v) is 1.54. The molecule has 0 aromatic heterocycles. The average Bonchev–Trinajstić information content (AvgIpc) is 2.15. The molecule has 0 amide bonds. The average molecular weight is 218 g/mol. The maximum atomic E-state index is 13.5. The smallest absolute Gasteiger partial charge is 0.146 e. The van der Waals surface area contributed by atoms with Gasteiger partial charge < -0.3 is 4.84 Å². The predicted octanol–water partition coefficient (Wildman–Crippen LogP) is 2.75. The minimum atomic E-state index is -0.376. The van der Waals surface area contributed by atoms with E-state index < -0.39 is 0 Å². The molecule has 0 unspecified atom stereocenters. The van der Waals surface area contributed by atoms with E-state index in [2.05, 4.69) is 10.3 Å². The number of benzene rings is 1. The molecule has 0 fully saturated rings. The zero-order chi connectivity index (χ0) is 10.7. The van der Waals surface area contributed by atoms with Crippen molar-refractivity contribution >= 4 is 11.6 Å². The maximum Gasteiger partial charge on any atom is 0.146 e. The fourth-order valence-electron chi connectivity index (χ4n) is 1.26. The van der Waals surface area contributed by atoms with E-state index in [4.69, 9.17) is 11.6 Å². The zero-order valence-electron chi connectivity index (χ0n) is 8.45. The highest BCUT2D eigenvalue weighted by molar-refractivity contribution is 6.30. The SMILES string of the molecule is CONCc1c(C)c(C)cc(Cl)c1F. The molecule has 2 nitrogen and oxygen atoms in total. The van der Waals surface area contributed by atoms with E-state index in [0.717, 1.165) is 11.1 Å². The minimum absolute atomic E-state index is 0.154. The second-order valence-corrected chi connectivity index (χ2v) is 3.53. The Kier molecular flexibility index (Phi) is 3.86. The molecule has 1 aromatic carbocycles. The summed E-state index contributed by atoms with van der Waals surface area (Å²) in [4.78, 5) is 4.68. The van der Waals surface area contributed by atoms with Crippen molar-refractivity contribution in [2.75, 3.05) is 7.11 Å². The van der Waals surface area contributed by atoms with Crippen molar-refractivity contribution in [3.8, 4) is 0 Å². The molecular formula is C10H13ClFNO. The number of aryl methyl sites for hydroxylation is 1. The molecule has 1 aromatic rings. The third-order valence-electron chi connectivity index (χ3n) is 2.26. The Labute approximate surface area is 88.0 Å². The van der Waals surface area contributed by atoms with Gasteiger partial charge in [-0.3, -0.25) is 0 Å². The van der Waals surface area contributed by atoms with E-state index in [1.54, 1.807) is 6.07 Å². The Morgan fingerprint density at radius 2 is 2.14 bits per heavy atom. The lowest BCUT2D eigenvalue weighted by Crippen LogP contribution is -2.14. The van der Waals surface area contributed by atoms with Gasteiger partial charge in [0, 0.05) is 12.1 Å². The van der Waals surface area contributed by atoms with Gasteiger partial charge in [-0.15, -0.1) is 0 Å². The molecule has 4 heteroatoms. The summed E-state index contributed by atoms with van der Waals surface area (Å²) in [7, 11) is 1.49. The van der Waals surface area contributed by atoms with Crippen LogP contribution in [0.1, 0.15) is 16.7 Å². The standard InChI is InChI=1S/C10H13ClFNO/c1-6-4-9(11)10(12)8(7(6)2)5-13-14-3/h4,13H,5H2,1-3H3. The third-order valence-corrected chi connectivity index (χ3v) is 2.53. The molecule has 0 radical (unpaired) electrons. The lowest BCUT2D eigenvalue weighted by molar-refractivity contribution is 0.0858. The van der Waals surface area contributed by atoms with Crippen LogP contribution in [0, 0.1) is 19.7 Å². The number of rotatable bonds is 3. The van der Waals surface area contributed by atoms with Gasteiger partial charge in [-0.2, -0.15) is 5.48 Å². The second kappa shape index (κ2) is 4.73. The monoisotopic (exact) mass is 217 g/mol. The minimum Gasteiger partial charge on any atom is -0.305 e. The molecule has 78 valence electrons. The highest BCUT2D eigenvalue weighted by Crippen LogP contribution is 2.24. The summed E-state index contributed by atoms with van der Waals surface area (Å²) in [5.41, 5.74) is 5.03. The lowest BCUT2D eigenvalue weighted by Gasteiger charge is -2.11. The van der Waals surface area contributed by atoms with Gasteiger partial charge >= 0.3 is 0 Å². The highest BCUT2D eigenvalue weighted by atomic mass is 35.5. The summed E-state index contributed by atoms with van der Waals surface area (Å²) >= 11 is 5.73. The van der Waals surface area contributed by atoms with Crippen molar-refractivity contribution in [2.24, 2.45) is 0 Å². The van der Waals surface area contributed by atoms with Gasteiger partial charge in [0.25, 0.3) is 0 Å². The van der Waals surface area contributed by atoms with Gasteiger partial charge in [-0.1, -0.05) is 11.6 Å². The Morgan fingerprint density at radius 3 is 2.71 bits per heavy atom. The van der Waals surface area contributed by atoms with Crippen LogP contribution in [0.15, 0.2) is 6.07 Å². The molecule has 14 heavy (non-hydrogen) atoms. The Balaban J connectivity index is 3.11. The lowest BCUT2D eigenvalue weighted by atomic mass is 10.0. The topological polar surface area (TPSA) is 21.3 Å². The zero-order valence-corrected chi connectivity index (χ0v) is 9.20. The van der Waals surface area contributed by atoms with Crippen molar-refractivity contribution in [1.29, 1.82) is 0 Å². The number of hydroxylamine groups is 1. The van der Waals surface area contributed by atoms with Gasteiger partial charge in [-0.25, -0.2) is 4.39 Å². The Hall–Kier alpha value is -0.640. The molecule has 1 rings (SSSR count). The van der Waals surface area contributed by atoms with Crippen LogP contribution in [0.3, 0.4) is 0 Å². The molecule has 1 N–H and O–H groups in total. The fraction of sp³-hybridized carbons (Fsp3) is 0.400. The van der Waals surface area contributed by atoms with Crippen molar-refractivity contribution in [1.82, 2.24) is 5.48 Å². The molecule has 0 saturated heterocycles. The van der Waals surface area contributed by atoms with Crippen LogP contribution in [-0.4, -0.2) is 7.11 Å². The summed E-state index contributed by atoms with van der Waals surface area (Å²) in [6.45, 7) is 4.08. The predicted molar refractivity (Wildman–Crippen MR) is 54.7 cm³/mol. The van der Waals surface area contributed by atoms with Crippen molar-refractivity contribution < 1.29 is 9.23 Å². The largest absolute Gasteiger partial charge is 0.305 e. The summed E-state index contributed by atoms with van der Waals surface area (Å²) < 4.78 is 13.5. The molecule has 0 aliphatic rings. The van der Waals surface area contributed by atoms with Crippen molar-refractivity contribution in [3.05, 3.63) is 33.6 Å². The van der Waals surface area contributed by atoms with Crippen LogP contribution in [-0.2, 0) is 11.4 Å². The van der Waals surface area contributed by atoms with Gasteiger partial charge in [0.1, 0.15) is 5.82 Å². The van der Waals surface area contributed by atoms with Gasteiger partial charge in [-0.05, 0) is 31.0 Å². The van der Waals surface area contributed by atoms with Gasteiger partial charge in [0.15, 0.2) is 0 Å². The molecular weight excluding hydrogens is 205 g/mol. The van der Waals surface area contributed by atoms with Crippen LogP contribution in [0.2, 0.25) is 5.02 Å². The van der Waals surface area contributed by atoms with Crippen molar-refractivity contribution in [3.63, 3.8) is 0 Å².